The molecule has 0 saturated carbocycles. The lowest BCUT2D eigenvalue weighted by Gasteiger charge is -2.15. The molecule has 1 heterocycles. The number of hydrogen-bond donors (Lipinski definition) is 2. The number of aromatic hydroxyl groups is 1. The van der Waals surface area contributed by atoms with Crippen LogP contribution in [0.2, 0.25) is 0 Å². The molecule has 25 heavy (non-hydrogen) atoms. The number of hydrogen-bond acceptors (Lipinski definition) is 5. The van der Waals surface area contributed by atoms with E-state index in [9.17, 15) is 14.7 Å². The van der Waals surface area contributed by atoms with Gasteiger partial charge in [0.2, 0.25) is 5.91 Å². The molecule has 1 aliphatic heterocycles. The van der Waals surface area contributed by atoms with Gasteiger partial charge in [0, 0.05) is 0 Å². The fourth-order valence-electron chi connectivity index (χ4n) is 2.28. The Hall–Kier alpha value is -2.64. The maximum Gasteiger partial charge on any atom is 0.285 e. The first-order chi connectivity index (χ1) is 12.0. The van der Waals surface area contributed by atoms with Crippen LogP contribution in [0.4, 0.5) is 0 Å². The Morgan fingerprint density at radius 1 is 1.20 bits per heavy atom. The van der Waals surface area contributed by atoms with E-state index in [0.717, 1.165) is 22.3 Å². The summed E-state index contributed by atoms with van der Waals surface area (Å²) in [6.45, 7) is 0. The number of nitrogens with one attached hydrogen (secondary N) is 1. The second kappa shape index (κ2) is 7.50. The molecule has 0 aliphatic carbocycles. The molecule has 0 aromatic heterocycles. The number of hydrazine groups is 1. The Kier molecular flexibility index (Phi) is 5.16. The number of phenols is 1. The predicted molar refractivity (Wildman–Crippen MR) is 101 cm³/mol. The number of phenolic OH excluding ortho intramolecular Hbond substituents is 1. The Balaban J connectivity index is 1.70. The van der Waals surface area contributed by atoms with E-state index >= 15 is 0 Å². The molecule has 1 fully saturated rings. The van der Waals surface area contributed by atoms with Gasteiger partial charge >= 0.3 is 0 Å². The predicted octanol–water partition coefficient (Wildman–Crippen LogP) is 2.87. The summed E-state index contributed by atoms with van der Waals surface area (Å²) < 4.78 is 0.262. The summed E-state index contributed by atoms with van der Waals surface area (Å²) in [5.74, 6) is -0.596. The minimum atomic E-state index is -0.389. The van der Waals surface area contributed by atoms with Gasteiger partial charge in [-0.2, -0.15) is 5.01 Å². The van der Waals surface area contributed by atoms with Gasteiger partial charge in [-0.3, -0.25) is 15.0 Å². The number of amides is 2. The fraction of sp³-hybridized carbons (Fsp3) is 0.0556. The number of rotatable bonds is 4. The minimum Gasteiger partial charge on any atom is -0.508 e. The van der Waals surface area contributed by atoms with Gasteiger partial charge < -0.3 is 5.11 Å². The van der Waals surface area contributed by atoms with Crippen molar-refractivity contribution in [3.8, 4) is 5.75 Å². The van der Waals surface area contributed by atoms with Crippen LogP contribution in [0.15, 0.2) is 59.5 Å². The van der Waals surface area contributed by atoms with Crippen LogP contribution in [0.25, 0.3) is 6.08 Å². The minimum absolute atomic E-state index is 0.111. The van der Waals surface area contributed by atoms with Gasteiger partial charge in [0.1, 0.15) is 5.75 Å². The number of benzene rings is 2. The van der Waals surface area contributed by atoms with Gasteiger partial charge in [-0.05, 0) is 41.6 Å². The molecule has 2 N–H and O–H groups in total. The van der Waals surface area contributed by atoms with Crippen molar-refractivity contribution in [1.82, 2.24) is 10.4 Å². The largest absolute Gasteiger partial charge is 0.508 e. The Labute approximate surface area is 154 Å². The SMILES string of the molecule is O=C(Cc1ccccc1)NN1C(=O)/C(=C/c2cccc(O)c2)SC1=S. The van der Waals surface area contributed by atoms with Gasteiger partial charge in [-0.25, -0.2) is 0 Å². The fourth-order valence-corrected chi connectivity index (χ4v) is 3.45. The van der Waals surface area contributed by atoms with E-state index in [4.69, 9.17) is 12.2 Å². The topological polar surface area (TPSA) is 69.6 Å². The Morgan fingerprint density at radius 2 is 1.96 bits per heavy atom. The molecule has 7 heteroatoms. The molecule has 2 aromatic rings. The molecule has 0 bridgehead atoms. The van der Waals surface area contributed by atoms with E-state index in [-0.39, 0.29) is 28.3 Å². The van der Waals surface area contributed by atoms with Crippen molar-refractivity contribution in [2.75, 3.05) is 0 Å². The van der Waals surface area contributed by atoms with Crippen molar-refractivity contribution in [3.05, 3.63) is 70.6 Å². The maximum atomic E-state index is 12.5. The molecule has 1 saturated heterocycles. The van der Waals surface area contributed by atoms with Crippen molar-refractivity contribution < 1.29 is 14.7 Å². The van der Waals surface area contributed by atoms with Crippen molar-refractivity contribution >= 4 is 46.2 Å². The van der Waals surface area contributed by atoms with Crippen LogP contribution in [0.1, 0.15) is 11.1 Å². The highest BCUT2D eigenvalue weighted by atomic mass is 32.2. The quantitative estimate of drug-likeness (QED) is 0.640. The molecule has 0 atom stereocenters. The Morgan fingerprint density at radius 3 is 2.68 bits per heavy atom. The zero-order chi connectivity index (χ0) is 17.8. The van der Waals surface area contributed by atoms with Crippen LogP contribution < -0.4 is 5.43 Å². The van der Waals surface area contributed by atoms with Gasteiger partial charge in [0.05, 0.1) is 11.3 Å². The number of carbonyl (C=O) groups excluding carboxylic acids is 2. The van der Waals surface area contributed by atoms with Gasteiger partial charge in [-0.15, -0.1) is 0 Å². The summed E-state index contributed by atoms with van der Waals surface area (Å²) in [5.41, 5.74) is 4.07. The summed E-state index contributed by atoms with van der Waals surface area (Å²) >= 11 is 6.29. The van der Waals surface area contributed by atoms with E-state index in [1.807, 2.05) is 30.3 Å². The van der Waals surface area contributed by atoms with Crippen LogP contribution in [0.3, 0.4) is 0 Å². The Bertz CT molecular complexity index is 866. The van der Waals surface area contributed by atoms with Crippen LogP contribution >= 0.6 is 24.0 Å². The van der Waals surface area contributed by atoms with Crippen molar-refractivity contribution in [2.24, 2.45) is 0 Å². The lowest BCUT2D eigenvalue weighted by Crippen LogP contribution is -2.45. The van der Waals surface area contributed by atoms with Gasteiger partial charge in [-0.1, -0.05) is 54.2 Å². The summed E-state index contributed by atoms with van der Waals surface area (Å²) in [4.78, 5) is 25.0. The zero-order valence-electron chi connectivity index (χ0n) is 13.0. The molecule has 2 amide bonds. The molecule has 0 radical (unpaired) electrons. The lowest BCUT2D eigenvalue weighted by atomic mass is 10.1. The molecule has 126 valence electrons. The van der Waals surface area contributed by atoms with E-state index in [2.05, 4.69) is 5.43 Å². The molecular weight excluding hydrogens is 356 g/mol. The number of thiocarbonyl (C=S) groups is 1. The van der Waals surface area contributed by atoms with Crippen LogP contribution in [0.5, 0.6) is 5.75 Å². The summed E-state index contributed by atoms with van der Waals surface area (Å²) in [7, 11) is 0. The molecule has 5 nitrogen and oxygen atoms in total. The highest BCUT2D eigenvalue weighted by molar-refractivity contribution is 8.26. The van der Waals surface area contributed by atoms with Crippen molar-refractivity contribution in [1.29, 1.82) is 0 Å². The van der Waals surface area contributed by atoms with Crippen LogP contribution in [0, 0.1) is 0 Å². The summed E-state index contributed by atoms with van der Waals surface area (Å²) in [6, 6.07) is 15.8. The van der Waals surface area contributed by atoms with Crippen molar-refractivity contribution in [2.45, 2.75) is 6.42 Å². The zero-order valence-corrected chi connectivity index (χ0v) is 14.6. The molecule has 0 unspecified atom stereocenters. The molecule has 3 rings (SSSR count). The first-order valence-electron chi connectivity index (χ1n) is 7.43. The first kappa shape index (κ1) is 17.2. The van der Waals surface area contributed by atoms with E-state index in [1.54, 1.807) is 30.3 Å². The van der Waals surface area contributed by atoms with Crippen LogP contribution in [-0.2, 0) is 16.0 Å². The lowest BCUT2D eigenvalue weighted by molar-refractivity contribution is -0.132. The van der Waals surface area contributed by atoms with E-state index in [0.29, 0.717) is 10.5 Å². The van der Waals surface area contributed by atoms with Crippen molar-refractivity contribution in [3.63, 3.8) is 0 Å². The van der Waals surface area contributed by atoms with Gasteiger partial charge in [0.15, 0.2) is 4.32 Å². The highest BCUT2D eigenvalue weighted by Crippen LogP contribution is 2.31. The molecular formula is C18H14N2O3S2. The number of carbonyl (C=O) groups is 2. The average Bonchev–Trinajstić information content (AvgIpc) is 2.83. The first-order valence-corrected chi connectivity index (χ1v) is 8.66. The van der Waals surface area contributed by atoms with E-state index in [1.165, 1.54) is 0 Å². The standard InChI is InChI=1S/C18H14N2O3S2/c21-14-8-4-7-13(9-14)10-15-17(23)20(18(24)25-15)19-16(22)11-12-5-2-1-3-6-12/h1-10,21H,11H2,(H,19,22)/b15-10-. The summed E-state index contributed by atoms with van der Waals surface area (Å²) in [6.07, 6.45) is 1.78. The summed E-state index contributed by atoms with van der Waals surface area (Å²) in [5, 5.41) is 10.6. The number of thioether (sulfide) groups is 1. The smallest absolute Gasteiger partial charge is 0.285 e. The second-order valence-corrected chi connectivity index (χ2v) is 6.99. The molecule has 2 aromatic carbocycles. The van der Waals surface area contributed by atoms with Crippen LogP contribution in [-0.4, -0.2) is 26.3 Å². The third-order valence-electron chi connectivity index (χ3n) is 3.41. The number of nitrogens with zero attached hydrogens (tertiary/aromatic N) is 1. The third-order valence-corrected chi connectivity index (χ3v) is 4.71. The average molecular weight is 370 g/mol. The normalized spacial score (nSPS) is 15.7. The maximum absolute atomic E-state index is 12.5. The van der Waals surface area contributed by atoms with E-state index < -0.39 is 0 Å². The molecule has 1 aliphatic rings. The third kappa shape index (κ3) is 4.26. The second-order valence-electron chi connectivity index (χ2n) is 5.31. The van der Waals surface area contributed by atoms with Gasteiger partial charge in [0.25, 0.3) is 5.91 Å². The molecule has 0 spiro atoms. The highest BCUT2D eigenvalue weighted by Gasteiger charge is 2.33. The monoisotopic (exact) mass is 370 g/mol.